The van der Waals surface area contributed by atoms with Gasteiger partial charge in [0.1, 0.15) is 5.75 Å². The molecule has 7 nitrogen and oxygen atoms in total. The smallest absolute Gasteiger partial charge is 0.237 e. The molecule has 0 aliphatic carbocycles. The van der Waals surface area contributed by atoms with Crippen molar-refractivity contribution in [2.75, 3.05) is 26.5 Å². The summed E-state index contributed by atoms with van der Waals surface area (Å²) in [7, 11) is 5.50. The molecule has 10 heteroatoms. The predicted octanol–water partition coefficient (Wildman–Crippen LogP) is 5.32. The first kappa shape index (κ1) is 24.4. The summed E-state index contributed by atoms with van der Waals surface area (Å²) in [5, 5.41) is 12.9. The van der Waals surface area contributed by atoms with E-state index in [4.69, 9.17) is 27.9 Å². The molecule has 1 heterocycles. The summed E-state index contributed by atoms with van der Waals surface area (Å²) in [6.07, 6.45) is 0. The number of rotatable bonds is 8. The lowest BCUT2D eigenvalue weighted by Gasteiger charge is -2.21. The average Bonchev–Trinajstić information content (AvgIpc) is 3.17. The van der Waals surface area contributed by atoms with Crippen LogP contribution in [0.3, 0.4) is 0 Å². The number of aromatic nitrogens is 3. The maximum atomic E-state index is 12.8. The molecule has 170 valence electrons. The number of thioether (sulfide) groups is 1. The monoisotopic (exact) mass is 493 g/mol. The van der Waals surface area contributed by atoms with E-state index in [1.54, 1.807) is 25.3 Å². The molecule has 0 aliphatic rings. The van der Waals surface area contributed by atoms with Crippen LogP contribution in [0.1, 0.15) is 25.7 Å². The van der Waals surface area contributed by atoms with Gasteiger partial charge in [-0.2, -0.15) is 0 Å². The van der Waals surface area contributed by atoms with Gasteiger partial charge in [-0.25, -0.2) is 0 Å². The number of carbonyl (C=O) groups excluding carboxylic acids is 1. The first-order chi connectivity index (χ1) is 15.2. The maximum Gasteiger partial charge on any atom is 0.237 e. The van der Waals surface area contributed by atoms with E-state index < -0.39 is 5.25 Å². The van der Waals surface area contributed by atoms with Gasteiger partial charge in [0, 0.05) is 16.4 Å². The molecular weight excluding hydrogens is 469 g/mol. The fourth-order valence-corrected chi connectivity index (χ4v) is 4.15. The number of benzene rings is 2. The van der Waals surface area contributed by atoms with Crippen LogP contribution < -0.4 is 10.1 Å². The summed E-state index contributed by atoms with van der Waals surface area (Å²) in [4.78, 5) is 14.9. The summed E-state index contributed by atoms with van der Waals surface area (Å²) in [6, 6.07) is 12.6. The largest absolute Gasteiger partial charge is 0.495 e. The highest BCUT2D eigenvalue weighted by molar-refractivity contribution is 8.00. The highest BCUT2D eigenvalue weighted by Crippen LogP contribution is 2.31. The molecule has 0 bridgehead atoms. The molecule has 1 N–H and O–H groups in total. The summed E-state index contributed by atoms with van der Waals surface area (Å²) in [5.74, 6) is 1.14. The Labute approximate surface area is 202 Å². The Morgan fingerprint density at radius 3 is 2.41 bits per heavy atom. The minimum absolute atomic E-state index is 0.0121. The third-order valence-corrected chi connectivity index (χ3v) is 6.55. The highest BCUT2D eigenvalue weighted by Gasteiger charge is 2.24. The zero-order valence-electron chi connectivity index (χ0n) is 18.5. The van der Waals surface area contributed by atoms with Crippen LogP contribution in [-0.4, -0.2) is 52.0 Å². The van der Waals surface area contributed by atoms with Gasteiger partial charge in [-0.05, 0) is 70.4 Å². The van der Waals surface area contributed by atoms with Gasteiger partial charge in [-0.15, -0.1) is 10.2 Å². The molecule has 3 rings (SSSR count). The Balaban J connectivity index is 1.85. The summed E-state index contributed by atoms with van der Waals surface area (Å²) in [6.45, 7) is 3.87. The van der Waals surface area contributed by atoms with Crippen molar-refractivity contribution in [2.24, 2.45) is 0 Å². The van der Waals surface area contributed by atoms with Crippen molar-refractivity contribution in [3.05, 3.63) is 58.3 Å². The van der Waals surface area contributed by atoms with Crippen molar-refractivity contribution in [1.29, 1.82) is 0 Å². The number of nitrogens with zero attached hydrogens (tertiary/aromatic N) is 4. The molecule has 32 heavy (non-hydrogen) atoms. The Kier molecular flexibility index (Phi) is 8.05. The first-order valence-electron chi connectivity index (χ1n) is 9.90. The summed E-state index contributed by atoms with van der Waals surface area (Å²) < 4.78 is 7.11. The predicted molar refractivity (Wildman–Crippen MR) is 130 cm³/mol. The van der Waals surface area contributed by atoms with E-state index in [1.807, 2.05) is 49.9 Å². The Morgan fingerprint density at radius 2 is 1.81 bits per heavy atom. The zero-order valence-corrected chi connectivity index (χ0v) is 20.8. The lowest BCUT2D eigenvalue weighted by Crippen LogP contribution is -2.23. The van der Waals surface area contributed by atoms with Crippen LogP contribution in [0.4, 0.5) is 5.69 Å². The molecule has 0 aliphatic heterocycles. The van der Waals surface area contributed by atoms with Gasteiger partial charge < -0.3 is 10.1 Å². The number of amides is 1. The molecule has 0 saturated carbocycles. The van der Waals surface area contributed by atoms with E-state index in [1.165, 1.54) is 11.8 Å². The second-order valence-electron chi connectivity index (χ2n) is 7.39. The number of hydrogen-bond acceptors (Lipinski definition) is 6. The maximum absolute atomic E-state index is 12.8. The fraction of sp³-hybridized carbons (Fsp3) is 0.318. The summed E-state index contributed by atoms with van der Waals surface area (Å²) in [5.41, 5.74) is 1.47. The van der Waals surface area contributed by atoms with Gasteiger partial charge in [0.2, 0.25) is 5.91 Å². The quantitative estimate of drug-likeness (QED) is 0.427. The molecule has 1 amide bonds. The Hall–Kier alpha value is -2.26. The molecule has 1 aromatic heterocycles. The molecule has 2 unspecified atom stereocenters. The van der Waals surface area contributed by atoms with Crippen molar-refractivity contribution in [3.8, 4) is 11.4 Å². The molecular formula is C22H25Cl2N5O2S. The van der Waals surface area contributed by atoms with Crippen LogP contribution >= 0.6 is 35.0 Å². The number of carbonyl (C=O) groups is 1. The fourth-order valence-electron chi connectivity index (χ4n) is 2.89. The van der Waals surface area contributed by atoms with Crippen molar-refractivity contribution in [2.45, 2.75) is 30.3 Å². The summed E-state index contributed by atoms with van der Waals surface area (Å²) >= 11 is 13.6. The number of hydrogen-bond donors (Lipinski definition) is 1. The molecule has 2 aromatic carbocycles. The van der Waals surface area contributed by atoms with Gasteiger partial charge >= 0.3 is 0 Å². The molecule has 0 radical (unpaired) electrons. The van der Waals surface area contributed by atoms with Crippen molar-refractivity contribution in [1.82, 2.24) is 19.7 Å². The van der Waals surface area contributed by atoms with Crippen LogP contribution in [0.15, 0.2) is 47.6 Å². The Bertz CT molecular complexity index is 1090. The molecule has 0 spiro atoms. The number of ether oxygens (including phenoxy) is 1. The molecule has 0 saturated heterocycles. The second-order valence-corrected chi connectivity index (χ2v) is 9.54. The number of methoxy groups -OCH3 is 1. The zero-order chi connectivity index (χ0) is 23.4. The highest BCUT2D eigenvalue weighted by atomic mass is 35.5. The number of anilines is 1. The van der Waals surface area contributed by atoms with Gasteiger partial charge in [-0.1, -0.05) is 35.0 Å². The van der Waals surface area contributed by atoms with Crippen LogP contribution in [0.2, 0.25) is 10.0 Å². The lowest BCUT2D eigenvalue weighted by atomic mass is 10.2. The van der Waals surface area contributed by atoms with E-state index >= 15 is 0 Å². The molecule has 0 fully saturated rings. The second kappa shape index (κ2) is 10.6. The van der Waals surface area contributed by atoms with Crippen LogP contribution in [0, 0.1) is 0 Å². The minimum Gasteiger partial charge on any atom is -0.495 e. The van der Waals surface area contributed by atoms with E-state index in [9.17, 15) is 4.79 Å². The number of halogens is 2. The SMILES string of the molecule is COc1ccc(NC(=O)C(C)Sc2nnc(C(C)N(C)C)n2-c2ccc(Cl)cc2)cc1Cl. The number of nitrogens with one attached hydrogen (secondary N) is 1. The van der Waals surface area contributed by atoms with Crippen molar-refractivity contribution in [3.63, 3.8) is 0 Å². The molecule has 2 atom stereocenters. The average molecular weight is 494 g/mol. The van der Waals surface area contributed by atoms with Crippen LogP contribution in [0.5, 0.6) is 5.75 Å². The van der Waals surface area contributed by atoms with Gasteiger partial charge in [0.15, 0.2) is 11.0 Å². The van der Waals surface area contributed by atoms with E-state index in [2.05, 4.69) is 27.3 Å². The molecule has 3 aromatic rings. The first-order valence-corrected chi connectivity index (χ1v) is 11.5. The lowest BCUT2D eigenvalue weighted by molar-refractivity contribution is -0.115. The van der Waals surface area contributed by atoms with E-state index in [-0.39, 0.29) is 11.9 Å². The van der Waals surface area contributed by atoms with Crippen LogP contribution in [-0.2, 0) is 4.79 Å². The van der Waals surface area contributed by atoms with Crippen LogP contribution in [0.25, 0.3) is 5.69 Å². The normalized spacial score (nSPS) is 13.1. The third kappa shape index (κ3) is 5.56. The topological polar surface area (TPSA) is 72.3 Å². The van der Waals surface area contributed by atoms with Crippen molar-refractivity contribution < 1.29 is 9.53 Å². The van der Waals surface area contributed by atoms with E-state index in [0.29, 0.717) is 26.6 Å². The van der Waals surface area contributed by atoms with Gasteiger partial charge in [0.25, 0.3) is 0 Å². The van der Waals surface area contributed by atoms with Crippen molar-refractivity contribution >= 4 is 46.6 Å². The van der Waals surface area contributed by atoms with E-state index in [0.717, 1.165) is 11.5 Å². The van der Waals surface area contributed by atoms with Gasteiger partial charge in [-0.3, -0.25) is 14.3 Å². The standard InChI is InChI=1S/C22H25Cl2N5O2S/c1-13(28(3)4)20-26-27-22(29(20)17-9-6-15(23)7-10-17)32-14(2)21(30)25-16-8-11-19(31-5)18(24)12-16/h6-14H,1-5H3,(H,25,30). The minimum atomic E-state index is -0.436. The van der Waals surface area contributed by atoms with Gasteiger partial charge in [0.05, 0.1) is 23.4 Å². The Morgan fingerprint density at radius 1 is 1.12 bits per heavy atom. The third-order valence-electron chi connectivity index (χ3n) is 4.96.